The van der Waals surface area contributed by atoms with Crippen LogP contribution in [0.4, 0.5) is 13.2 Å². The highest BCUT2D eigenvalue weighted by Crippen LogP contribution is 2.37. The van der Waals surface area contributed by atoms with Crippen LogP contribution in [-0.4, -0.2) is 0 Å². The fraction of sp³-hybridized carbons (Fsp3) is 0.400. The molecule has 0 bridgehead atoms. The van der Waals surface area contributed by atoms with Crippen molar-refractivity contribution in [3.8, 4) is 6.07 Å². The number of rotatable bonds is 2. The molecule has 1 aromatic rings. The molecule has 4 heteroatoms. The molecular formula is C15H14F3N. The summed E-state index contributed by atoms with van der Waals surface area (Å²) < 4.78 is 39.2. The van der Waals surface area contributed by atoms with Gasteiger partial charge in [-0.1, -0.05) is 6.08 Å². The molecular weight excluding hydrogens is 251 g/mol. The summed E-state index contributed by atoms with van der Waals surface area (Å²) in [7, 11) is 0. The van der Waals surface area contributed by atoms with Crippen LogP contribution in [0.15, 0.2) is 24.5 Å². The van der Waals surface area contributed by atoms with E-state index in [1.54, 1.807) is 0 Å². The maximum Gasteiger partial charge on any atom is 0.144 e. The van der Waals surface area contributed by atoms with Crippen LogP contribution in [0.1, 0.15) is 42.7 Å². The number of benzene rings is 1. The molecule has 0 saturated heterocycles. The minimum absolute atomic E-state index is 0.0843. The lowest BCUT2D eigenvalue weighted by molar-refractivity contribution is 0.371. The summed E-state index contributed by atoms with van der Waals surface area (Å²) in [6.07, 6.45) is 5.28. The predicted molar refractivity (Wildman–Crippen MR) is 66.0 cm³/mol. The van der Waals surface area contributed by atoms with Crippen molar-refractivity contribution in [1.82, 2.24) is 0 Å². The van der Waals surface area contributed by atoms with E-state index >= 15 is 0 Å². The molecule has 0 amide bonds. The molecule has 0 N–H and O–H groups in total. The van der Waals surface area contributed by atoms with Gasteiger partial charge in [0.15, 0.2) is 0 Å². The van der Waals surface area contributed by atoms with Gasteiger partial charge in [-0.3, -0.25) is 0 Å². The number of nitrogens with zero attached hydrogens (tertiary/aromatic N) is 1. The molecule has 0 heterocycles. The van der Waals surface area contributed by atoms with Crippen LogP contribution in [-0.2, 0) is 0 Å². The molecule has 2 rings (SSSR count). The Morgan fingerprint density at radius 2 is 1.68 bits per heavy atom. The molecule has 100 valence electrons. The highest BCUT2D eigenvalue weighted by atomic mass is 19.1. The predicted octanol–water partition coefficient (Wildman–Crippen LogP) is 4.59. The van der Waals surface area contributed by atoms with Gasteiger partial charge in [0, 0.05) is 0 Å². The first-order valence-electron chi connectivity index (χ1n) is 6.31. The third-order valence-corrected chi connectivity index (χ3v) is 3.76. The van der Waals surface area contributed by atoms with Crippen molar-refractivity contribution in [1.29, 1.82) is 5.26 Å². The summed E-state index contributed by atoms with van der Waals surface area (Å²) in [4.78, 5) is 0. The Morgan fingerprint density at radius 3 is 2.16 bits per heavy atom. The summed E-state index contributed by atoms with van der Waals surface area (Å²) in [6.45, 7) is 0. The van der Waals surface area contributed by atoms with Crippen LogP contribution in [0.3, 0.4) is 0 Å². The quantitative estimate of drug-likeness (QED) is 0.767. The van der Waals surface area contributed by atoms with Gasteiger partial charge >= 0.3 is 0 Å². The lowest BCUT2D eigenvalue weighted by atomic mass is 9.78. The van der Waals surface area contributed by atoms with Crippen LogP contribution >= 0.6 is 0 Å². The summed E-state index contributed by atoms with van der Waals surface area (Å²) in [6, 6.07) is 4.01. The van der Waals surface area contributed by atoms with Gasteiger partial charge in [0.2, 0.25) is 0 Å². The van der Waals surface area contributed by atoms with Gasteiger partial charge in [0.05, 0.1) is 6.33 Å². The molecule has 19 heavy (non-hydrogen) atoms. The molecule has 0 atom stereocenters. The highest BCUT2D eigenvalue weighted by Gasteiger charge is 2.23. The average molecular weight is 265 g/mol. The molecule has 0 spiro atoms. The van der Waals surface area contributed by atoms with Crippen molar-refractivity contribution in [2.45, 2.75) is 31.6 Å². The lowest BCUT2D eigenvalue weighted by Crippen LogP contribution is -2.12. The summed E-state index contributed by atoms with van der Waals surface area (Å²) in [5.41, 5.74) is 0.0643. The number of halogens is 3. The molecule has 1 nitrogen and oxygen atoms in total. The summed E-state index contributed by atoms with van der Waals surface area (Å²) in [5, 5.41) is 8.62. The van der Waals surface area contributed by atoms with Gasteiger partial charge in [-0.15, -0.1) is 0 Å². The van der Waals surface area contributed by atoms with E-state index in [0.717, 1.165) is 25.7 Å². The minimum Gasteiger partial charge on any atom is -0.216 e. The Hall–Kier alpha value is -1.76. The Labute approximate surface area is 110 Å². The fourth-order valence-corrected chi connectivity index (χ4v) is 2.68. The molecule has 1 aliphatic rings. The van der Waals surface area contributed by atoms with Gasteiger partial charge < -0.3 is 0 Å². The van der Waals surface area contributed by atoms with E-state index in [-0.39, 0.29) is 11.8 Å². The zero-order chi connectivity index (χ0) is 13.8. The van der Waals surface area contributed by atoms with Gasteiger partial charge in [-0.25, -0.2) is 13.2 Å². The van der Waals surface area contributed by atoms with Crippen LogP contribution in [0.2, 0.25) is 0 Å². The molecule has 0 aromatic heterocycles. The topological polar surface area (TPSA) is 23.8 Å². The van der Waals surface area contributed by atoms with Crippen molar-refractivity contribution in [2.75, 3.05) is 0 Å². The Kier molecular flexibility index (Phi) is 4.26. The van der Waals surface area contributed by atoms with E-state index in [1.165, 1.54) is 24.3 Å². The monoisotopic (exact) mass is 265 g/mol. The molecule has 1 aromatic carbocycles. The number of allylic oxidation sites excluding steroid dienone is 1. The van der Waals surface area contributed by atoms with E-state index in [0.29, 0.717) is 11.9 Å². The third kappa shape index (κ3) is 2.98. The van der Waals surface area contributed by atoms with Crippen LogP contribution < -0.4 is 0 Å². The van der Waals surface area contributed by atoms with E-state index in [9.17, 15) is 13.2 Å². The summed E-state index contributed by atoms with van der Waals surface area (Å²) >= 11 is 0. The van der Waals surface area contributed by atoms with Crippen LogP contribution in [0, 0.1) is 28.9 Å². The highest BCUT2D eigenvalue weighted by molar-refractivity contribution is 5.36. The first-order valence-corrected chi connectivity index (χ1v) is 6.31. The molecule has 1 fully saturated rings. The molecule has 1 aliphatic carbocycles. The van der Waals surface area contributed by atoms with Gasteiger partial charge in [0.1, 0.15) is 23.3 Å². The summed E-state index contributed by atoms with van der Waals surface area (Å²) in [5.74, 6) is -1.30. The minimum atomic E-state index is -0.803. The Morgan fingerprint density at radius 1 is 1.11 bits per heavy atom. The zero-order valence-electron chi connectivity index (χ0n) is 10.4. The van der Waals surface area contributed by atoms with E-state index in [4.69, 9.17) is 5.26 Å². The normalized spacial score (nSPS) is 23.5. The van der Waals surface area contributed by atoms with Gasteiger partial charge in [-0.2, -0.15) is 5.26 Å². The fourth-order valence-electron chi connectivity index (χ4n) is 2.68. The van der Waals surface area contributed by atoms with Crippen molar-refractivity contribution in [3.05, 3.63) is 47.3 Å². The van der Waals surface area contributed by atoms with Crippen molar-refractivity contribution in [2.24, 2.45) is 5.92 Å². The maximum atomic E-state index is 13.5. The SMILES string of the molecule is N#Cc1c(F)cc(C2CCC(C=CF)CC2)cc1F. The van der Waals surface area contributed by atoms with E-state index < -0.39 is 17.2 Å². The molecule has 0 radical (unpaired) electrons. The first kappa shape index (κ1) is 13.7. The number of nitriles is 1. The third-order valence-electron chi connectivity index (χ3n) is 3.76. The molecule has 0 aliphatic heterocycles. The largest absolute Gasteiger partial charge is 0.216 e. The van der Waals surface area contributed by atoms with Crippen LogP contribution in [0.25, 0.3) is 0 Å². The second kappa shape index (κ2) is 5.92. The standard InChI is InChI=1S/C15H14F3N/c16-6-5-10-1-3-11(4-2-10)12-7-14(17)13(9-19)15(18)8-12/h5-8,10-11H,1-4H2. The number of hydrogen-bond acceptors (Lipinski definition) is 1. The van der Waals surface area contributed by atoms with E-state index in [1.807, 2.05) is 0 Å². The smallest absolute Gasteiger partial charge is 0.144 e. The second-order valence-corrected chi connectivity index (χ2v) is 4.90. The van der Waals surface area contributed by atoms with Crippen molar-refractivity contribution >= 4 is 0 Å². The Bertz CT molecular complexity index is 500. The average Bonchev–Trinajstić information content (AvgIpc) is 2.39. The van der Waals surface area contributed by atoms with Gasteiger partial charge in [0.25, 0.3) is 0 Å². The first-order chi connectivity index (χ1) is 9.15. The van der Waals surface area contributed by atoms with Crippen molar-refractivity contribution < 1.29 is 13.2 Å². The second-order valence-electron chi connectivity index (χ2n) is 4.90. The molecule has 0 unspecified atom stereocenters. The molecule has 1 saturated carbocycles. The van der Waals surface area contributed by atoms with Crippen molar-refractivity contribution in [3.63, 3.8) is 0 Å². The Balaban J connectivity index is 2.14. The zero-order valence-corrected chi connectivity index (χ0v) is 10.4. The lowest BCUT2D eigenvalue weighted by Gasteiger charge is -2.27. The van der Waals surface area contributed by atoms with Crippen LogP contribution in [0.5, 0.6) is 0 Å². The maximum absolute atomic E-state index is 13.5. The van der Waals surface area contributed by atoms with Gasteiger partial charge in [-0.05, 0) is 55.2 Å². The number of hydrogen-bond donors (Lipinski definition) is 0. The van der Waals surface area contributed by atoms with E-state index in [2.05, 4.69) is 0 Å².